The van der Waals surface area contributed by atoms with E-state index in [1.165, 1.54) is 4.68 Å². The number of urea groups is 1. The number of nitrogen functional groups attached to an aromatic ring is 1. The Kier molecular flexibility index (Phi) is 5.06. The number of nitrogens with one attached hydrogen (secondary N) is 1. The van der Waals surface area contributed by atoms with Crippen molar-refractivity contribution in [2.75, 3.05) is 13.0 Å². The normalized spacial score (nSPS) is 11.7. The summed E-state index contributed by atoms with van der Waals surface area (Å²) in [6.45, 7) is 1.60. The summed E-state index contributed by atoms with van der Waals surface area (Å²) in [6, 6.07) is 6.24. The number of hydrogen-bond donors (Lipinski definition) is 3. The molecule has 0 aliphatic carbocycles. The molecule has 1 aromatic heterocycles. The van der Waals surface area contributed by atoms with Crippen molar-refractivity contribution >= 4 is 23.7 Å². The molecule has 122 valence electrons. The van der Waals surface area contributed by atoms with Crippen LogP contribution in [-0.2, 0) is 4.79 Å². The highest BCUT2D eigenvalue weighted by Crippen LogP contribution is 2.25. The van der Waals surface area contributed by atoms with Crippen LogP contribution in [0.5, 0.6) is 5.75 Å². The summed E-state index contributed by atoms with van der Waals surface area (Å²) in [6.07, 6.45) is 0. The Labute approximate surface area is 136 Å². The molecule has 1 atom stereocenters. The zero-order chi connectivity index (χ0) is 17.0. The first-order valence-corrected chi connectivity index (χ1v) is 7.42. The second-order valence-corrected chi connectivity index (χ2v) is 5.83. The van der Waals surface area contributed by atoms with Gasteiger partial charge >= 0.3 is 6.03 Å². The molecule has 1 aromatic carbocycles. The van der Waals surface area contributed by atoms with E-state index in [1.807, 2.05) is 5.32 Å². The highest BCUT2D eigenvalue weighted by Gasteiger charge is 2.20. The zero-order valence-electron chi connectivity index (χ0n) is 12.5. The van der Waals surface area contributed by atoms with Crippen LogP contribution in [0.1, 0.15) is 6.92 Å². The molecule has 23 heavy (non-hydrogen) atoms. The van der Waals surface area contributed by atoms with Crippen molar-refractivity contribution in [3.05, 3.63) is 24.3 Å². The van der Waals surface area contributed by atoms with Crippen molar-refractivity contribution in [2.24, 2.45) is 5.73 Å². The number of carbonyl (C=O) groups excluding carboxylic acids is 2. The molecule has 0 unspecified atom stereocenters. The third-order valence-corrected chi connectivity index (χ3v) is 3.97. The van der Waals surface area contributed by atoms with Gasteiger partial charge in [0.1, 0.15) is 5.75 Å². The number of rotatable bonds is 5. The molecule has 0 aliphatic rings. The average molecular weight is 336 g/mol. The van der Waals surface area contributed by atoms with Crippen LogP contribution in [0.3, 0.4) is 0 Å². The highest BCUT2D eigenvalue weighted by atomic mass is 32.2. The summed E-state index contributed by atoms with van der Waals surface area (Å²) in [5.74, 6) is 6.59. The maximum atomic E-state index is 11.7. The molecule has 9 nitrogen and oxygen atoms in total. The molecule has 0 saturated carbocycles. The third kappa shape index (κ3) is 3.92. The lowest BCUT2D eigenvalue weighted by molar-refractivity contribution is -0.119. The molecule has 0 fully saturated rings. The topological polar surface area (TPSA) is 138 Å². The van der Waals surface area contributed by atoms with Crippen LogP contribution >= 0.6 is 11.8 Å². The molecule has 0 saturated heterocycles. The SMILES string of the molecule is COc1ccc(-c2nnc(S[C@@H](C)C(=O)NC(N)=O)n2N)cc1. The van der Waals surface area contributed by atoms with Gasteiger partial charge in [-0.2, -0.15) is 0 Å². The van der Waals surface area contributed by atoms with Crippen LogP contribution in [0.25, 0.3) is 11.4 Å². The van der Waals surface area contributed by atoms with E-state index in [9.17, 15) is 9.59 Å². The summed E-state index contributed by atoms with van der Waals surface area (Å²) in [5.41, 5.74) is 5.66. The van der Waals surface area contributed by atoms with Crippen LogP contribution in [0, 0.1) is 0 Å². The van der Waals surface area contributed by atoms with Gasteiger partial charge in [-0.05, 0) is 31.2 Å². The molecule has 0 bridgehead atoms. The molecule has 3 amide bonds. The van der Waals surface area contributed by atoms with Crippen molar-refractivity contribution in [3.63, 3.8) is 0 Å². The largest absolute Gasteiger partial charge is 0.497 e. The van der Waals surface area contributed by atoms with Crippen LogP contribution in [-0.4, -0.2) is 39.2 Å². The lowest BCUT2D eigenvalue weighted by atomic mass is 10.2. The average Bonchev–Trinajstić information content (AvgIpc) is 2.87. The van der Waals surface area contributed by atoms with Gasteiger partial charge in [0.2, 0.25) is 11.1 Å². The van der Waals surface area contributed by atoms with Crippen LogP contribution in [0.15, 0.2) is 29.4 Å². The standard InChI is InChI=1S/C13H16N6O3S/c1-7(11(20)16-12(14)21)23-13-18-17-10(19(13)15)8-3-5-9(22-2)6-4-8/h3-7H,15H2,1-2H3,(H3,14,16,20,21)/t7-/m0/s1. The number of benzene rings is 1. The van der Waals surface area contributed by atoms with Crippen molar-refractivity contribution in [3.8, 4) is 17.1 Å². The number of hydrogen-bond acceptors (Lipinski definition) is 7. The number of nitrogens with two attached hydrogens (primary N) is 2. The second kappa shape index (κ2) is 7.01. The summed E-state index contributed by atoms with van der Waals surface area (Å²) >= 11 is 1.06. The van der Waals surface area contributed by atoms with Crippen LogP contribution < -0.4 is 21.6 Å². The Bertz CT molecular complexity index is 715. The quantitative estimate of drug-likeness (QED) is 0.528. The van der Waals surface area contributed by atoms with Gasteiger partial charge in [0.05, 0.1) is 12.4 Å². The van der Waals surface area contributed by atoms with Gasteiger partial charge in [-0.25, -0.2) is 9.47 Å². The van der Waals surface area contributed by atoms with E-state index in [0.29, 0.717) is 16.7 Å². The van der Waals surface area contributed by atoms with Gasteiger partial charge < -0.3 is 16.3 Å². The minimum absolute atomic E-state index is 0.336. The number of thioether (sulfide) groups is 1. The Balaban J connectivity index is 2.15. The molecule has 5 N–H and O–H groups in total. The molecule has 10 heteroatoms. The minimum Gasteiger partial charge on any atom is -0.497 e. The first kappa shape index (κ1) is 16.6. The molecule has 0 radical (unpaired) electrons. The number of carbonyl (C=O) groups is 2. The van der Waals surface area contributed by atoms with Gasteiger partial charge in [-0.15, -0.1) is 10.2 Å². The fourth-order valence-electron chi connectivity index (χ4n) is 1.73. The summed E-state index contributed by atoms with van der Waals surface area (Å²) in [5, 5.41) is 9.70. The number of aromatic nitrogens is 3. The molecular formula is C13H16N6O3S. The monoisotopic (exact) mass is 336 g/mol. The number of methoxy groups -OCH3 is 1. The van der Waals surface area contributed by atoms with Gasteiger partial charge in [0, 0.05) is 5.56 Å². The van der Waals surface area contributed by atoms with Gasteiger partial charge in [0.25, 0.3) is 0 Å². The first-order chi connectivity index (χ1) is 10.9. The smallest absolute Gasteiger partial charge is 0.318 e. The van der Waals surface area contributed by atoms with E-state index in [-0.39, 0.29) is 0 Å². The molecule has 2 rings (SSSR count). The van der Waals surface area contributed by atoms with Gasteiger partial charge in [0.15, 0.2) is 5.82 Å². The lowest BCUT2D eigenvalue weighted by Crippen LogP contribution is -2.39. The summed E-state index contributed by atoms with van der Waals surface area (Å²) in [4.78, 5) is 22.4. The molecule has 0 aliphatic heterocycles. The molecule has 1 heterocycles. The lowest BCUT2D eigenvalue weighted by Gasteiger charge is -2.09. The van der Waals surface area contributed by atoms with E-state index in [2.05, 4.69) is 10.2 Å². The second-order valence-electron chi connectivity index (χ2n) is 4.52. The highest BCUT2D eigenvalue weighted by molar-refractivity contribution is 8.00. The Hall–Kier alpha value is -2.75. The molecule has 2 aromatic rings. The van der Waals surface area contributed by atoms with Crippen molar-refractivity contribution < 1.29 is 14.3 Å². The van der Waals surface area contributed by atoms with Crippen LogP contribution in [0.4, 0.5) is 4.79 Å². The Morgan fingerprint density at radius 3 is 2.52 bits per heavy atom. The van der Waals surface area contributed by atoms with E-state index >= 15 is 0 Å². The van der Waals surface area contributed by atoms with E-state index in [4.69, 9.17) is 16.3 Å². The molecular weight excluding hydrogens is 320 g/mol. The van der Waals surface area contributed by atoms with E-state index < -0.39 is 17.2 Å². The van der Waals surface area contributed by atoms with Crippen molar-refractivity contribution in [2.45, 2.75) is 17.3 Å². The number of ether oxygens (including phenoxy) is 1. The summed E-state index contributed by atoms with van der Waals surface area (Å²) < 4.78 is 6.37. The Morgan fingerprint density at radius 1 is 1.30 bits per heavy atom. The fourth-order valence-corrected chi connectivity index (χ4v) is 2.50. The maximum absolute atomic E-state index is 11.7. The summed E-state index contributed by atoms with van der Waals surface area (Å²) in [7, 11) is 1.58. The van der Waals surface area contributed by atoms with Crippen LogP contribution in [0.2, 0.25) is 0 Å². The fraction of sp³-hybridized carbons (Fsp3) is 0.231. The molecule has 0 spiro atoms. The Morgan fingerprint density at radius 2 is 1.96 bits per heavy atom. The maximum Gasteiger partial charge on any atom is 0.318 e. The third-order valence-electron chi connectivity index (χ3n) is 2.91. The van der Waals surface area contributed by atoms with Crippen molar-refractivity contribution in [1.29, 1.82) is 0 Å². The minimum atomic E-state index is -0.907. The number of amides is 3. The predicted octanol–water partition coefficient (Wildman–Crippen LogP) is 0.343. The predicted molar refractivity (Wildman–Crippen MR) is 85.2 cm³/mol. The van der Waals surface area contributed by atoms with Crippen molar-refractivity contribution in [1.82, 2.24) is 20.2 Å². The zero-order valence-corrected chi connectivity index (χ0v) is 13.3. The van der Waals surface area contributed by atoms with Gasteiger partial charge in [-0.1, -0.05) is 11.8 Å². The van der Waals surface area contributed by atoms with E-state index in [0.717, 1.165) is 17.3 Å². The van der Waals surface area contributed by atoms with E-state index in [1.54, 1.807) is 38.3 Å². The first-order valence-electron chi connectivity index (χ1n) is 6.54. The number of nitrogens with zero attached hydrogens (tertiary/aromatic N) is 3. The van der Waals surface area contributed by atoms with Gasteiger partial charge in [-0.3, -0.25) is 10.1 Å². The number of imide groups is 1. The number of primary amides is 1.